The average Bonchev–Trinajstić information content (AvgIpc) is 2.49. The summed E-state index contributed by atoms with van der Waals surface area (Å²) in [5.74, 6) is 5.07. The number of aliphatic hydroxyl groups is 1. The first-order valence-corrected chi connectivity index (χ1v) is 7.32. The Labute approximate surface area is 130 Å². The van der Waals surface area contributed by atoms with Crippen molar-refractivity contribution in [2.24, 2.45) is 0 Å². The van der Waals surface area contributed by atoms with Gasteiger partial charge < -0.3 is 15.2 Å². The number of halogens is 1. The highest BCUT2D eigenvalue weighted by Crippen LogP contribution is 2.17. The minimum Gasteiger partial charge on any atom is -0.384 e. The molecule has 21 heavy (non-hydrogen) atoms. The lowest BCUT2D eigenvalue weighted by Crippen LogP contribution is -2.25. The van der Waals surface area contributed by atoms with E-state index in [1.165, 1.54) is 0 Å². The van der Waals surface area contributed by atoms with Crippen molar-refractivity contribution in [2.45, 2.75) is 19.8 Å². The molecule has 0 unspecified atom stereocenters. The zero-order valence-electron chi connectivity index (χ0n) is 12.1. The van der Waals surface area contributed by atoms with Gasteiger partial charge in [0.05, 0.1) is 5.02 Å². The highest BCUT2D eigenvalue weighted by atomic mass is 35.5. The van der Waals surface area contributed by atoms with Gasteiger partial charge in [-0.2, -0.15) is 0 Å². The Morgan fingerprint density at radius 2 is 2.24 bits per heavy atom. The van der Waals surface area contributed by atoms with Crippen LogP contribution in [0.3, 0.4) is 0 Å². The first-order valence-electron chi connectivity index (χ1n) is 6.94. The lowest BCUT2D eigenvalue weighted by molar-refractivity contribution is 0.0941. The van der Waals surface area contributed by atoms with E-state index in [4.69, 9.17) is 21.4 Å². The number of carbonyl (C=O) groups is 1. The number of benzene rings is 1. The first kappa shape index (κ1) is 17.5. The molecule has 1 rings (SSSR count). The summed E-state index contributed by atoms with van der Waals surface area (Å²) in [6.45, 7) is 3.79. The third-order valence-electron chi connectivity index (χ3n) is 2.63. The highest BCUT2D eigenvalue weighted by Gasteiger charge is 2.07. The molecule has 5 heteroatoms. The smallest absolute Gasteiger partial charge is 0.251 e. The fourth-order valence-corrected chi connectivity index (χ4v) is 1.84. The third kappa shape index (κ3) is 6.63. The fourth-order valence-electron chi connectivity index (χ4n) is 1.62. The van der Waals surface area contributed by atoms with E-state index < -0.39 is 0 Å². The van der Waals surface area contributed by atoms with Gasteiger partial charge in [-0.25, -0.2) is 0 Å². The van der Waals surface area contributed by atoms with Crippen molar-refractivity contribution in [3.63, 3.8) is 0 Å². The number of rotatable bonds is 7. The van der Waals surface area contributed by atoms with Crippen LogP contribution in [-0.2, 0) is 4.74 Å². The van der Waals surface area contributed by atoms with Gasteiger partial charge in [0.1, 0.15) is 6.61 Å². The molecule has 0 atom stereocenters. The molecule has 0 bridgehead atoms. The van der Waals surface area contributed by atoms with Gasteiger partial charge in [0.25, 0.3) is 5.91 Å². The van der Waals surface area contributed by atoms with Crippen LogP contribution in [0.5, 0.6) is 0 Å². The van der Waals surface area contributed by atoms with Crippen LogP contribution >= 0.6 is 11.6 Å². The summed E-state index contributed by atoms with van der Waals surface area (Å²) in [5, 5.41) is 11.9. The second-order valence-corrected chi connectivity index (χ2v) is 4.78. The molecule has 0 aliphatic heterocycles. The Hall–Kier alpha value is -1.54. The molecule has 0 saturated heterocycles. The molecule has 0 aromatic heterocycles. The van der Waals surface area contributed by atoms with Gasteiger partial charge in [0.15, 0.2) is 0 Å². The molecule has 0 heterocycles. The molecule has 0 aliphatic rings. The number of hydrogen-bond acceptors (Lipinski definition) is 3. The zero-order chi connectivity index (χ0) is 15.5. The van der Waals surface area contributed by atoms with Crippen LogP contribution in [-0.4, -0.2) is 37.4 Å². The SMILES string of the molecule is CCCOCCCNC(=O)c1ccc(C#CCO)c(Cl)c1. The molecule has 0 spiro atoms. The predicted molar refractivity (Wildman–Crippen MR) is 83.5 cm³/mol. The standard InChI is InChI=1S/C16H20ClNO3/c1-2-10-21-11-4-8-18-16(20)14-7-6-13(5-3-9-19)15(17)12-14/h6-7,12,19H,2,4,8-11H2,1H3,(H,18,20). The van der Waals surface area contributed by atoms with Crippen LogP contribution in [0.25, 0.3) is 0 Å². The summed E-state index contributed by atoms with van der Waals surface area (Å²) in [6.07, 6.45) is 1.77. The fraction of sp³-hybridized carbons (Fsp3) is 0.438. The second-order valence-electron chi connectivity index (χ2n) is 4.38. The van der Waals surface area contributed by atoms with E-state index in [0.717, 1.165) is 19.4 Å². The molecule has 0 aliphatic carbocycles. The van der Waals surface area contributed by atoms with Crippen LogP contribution in [0.2, 0.25) is 5.02 Å². The minimum atomic E-state index is -0.224. The van der Waals surface area contributed by atoms with Crippen LogP contribution in [0.1, 0.15) is 35.7 Å². The molecule has 0 fully saturated rings. The van der Waals surface area contributed by atoms with Crippen LogP contribution in [0.15, 0.2) is 18.2 Å². The van der Waals surface area contributed by atoms with E-state index in [2.05, 4.69) is 24.1 Å². The maximum Gasteiger partial charge on any atom is 0.251 e. The lowest BCUT2D eigenvalue weighted by Gasteiger charge is -2.06. The topological polar surface area (TPSA) is 58.6 Å². The monoisotopic (exact) mass is 309 g/mol. The zero-order valence-corrected chi connectivity index (χ0v) is 12.9. The van der Waals surface area contributed by atoms with Gasteiger partial charge in [0, 0.05) is 30.9 Å². The van der Waals surface area contributed by atoms with Crippen molar-refractivity contribution in [1.29, 1.82) is 0 Å². The second kappa shape index (κ2) is 10.2. The molecule has 0 saturated carbocycles. The maximum absolute atomic E-state index is 11.9. The summed E-state index contributed by atoms with van der Waals surface area (Å²) < 4.78 is 5.33. The van der Waals surface area contributed by atoms with E-state index in [9.17, 15) is 4.79 Å². The molecule has 4 nitrogen and oxygen atoms in total. The highest BCUT2D eigenvalue weighted by molar-refractivity contribution is 6.32. The summed E-state index contributed by atoms with van der Waals surface area (Å²) in [6, 6.07) is 4.91. The molecular formula is C16H20ClNO3. The minimum absolute atomic E-state index is 0.172. The van der Waals surface area contributed by atoms with Gasteiger partial charge in [-0.3, -0.25) is 4.79 Å². The van der Waals surface area contributed by atoms with E-state index >= 15 is 0 Å². The Balaban J connectivity index is 2.46. The van der Waals surface area contributed by atoms with Crippen molar-refractivity contribution < 1.29 is 14.6 Å². The van der Waals surface area contributed by atoms with Crippen molar-refractivity contribution >= 4 is 17.5 Å². The molecule has 1 amide bonds. The molecule has 1 aromatic rings. The number of nitrogens with one attached hydrogen (secondary N) is 1. The van der Waals surface area contributed by atoms with Crippen molar-refractivity contribution in [3.8, 4) is 11.8 Å². The largest absolute Gasteiger partial charge is 0.384 e. The van der Waals surface area contributed by atoms with E-state index in [1.807, 2.05) is 0 Å². The third-order valence-corrected chi connectivity index (χ3v) is 2.95. The molecule has 2 N–H and O–H groups in total. The van der Waals surface area contributed by atoms with Crippen molar-refractivity contribution in [1.82, 2.24) is 5.32 Å². The van der Waals surface area contributed by atoms with Crippen LogP contribution in [0, 0.1) is 11.8 Å². The molecule has 1 aromatic carbocycles. The Kier molecular flexibility index (Phi) is 8.53. The summed E-state index contributed by atoms with van der Waals surface area (Å²) in [7, 11) is 0. The number of amides is 1. The quantitative estimate of drug-likeness (QED) is 0.600. The van der Waals surface area contributed by atoms with Gasteiger partial charge in [0.2, 0.25) is 0 Å². The van der Waals surface area contributed by atoms with E-state index in [-0.39, 0.29) is 12.5 Å². The van der Waals surface area contributed by atoms with Gasteiger partial charge in [-0.1, -0.05) is 30.4 Å². The van der Waals surface area contributed by atoms with Crippen molar-refractivity contribution in [3.05, 3.63) is 34.3 Å². The van der Waals surface area contributed by atoms with Gasteiger partial charge in [-0.05, 0) is 31.0 Å². The first-order chi connectivity index (χ1) is 10.2. The van der Waals surface area contributed by atoms with Crippen LogP contribution < -0.4 is 5.32 Å². The number of ether oxygens (including phenoxy) is 1. The molecule has 114 valence electrons. The Bertz CT molecular complexity index is 520. The van der Waals surface area contributed by atoms with Crippen molar-refractivity contribution in [2.75, 3.05) is 26.4 Å². The maximum atomic E-state index is 11.9. The lowest BCUT2D eigenvalue weighted by atomic mass is 10.1. The summed E-state index contributed by atoms with van der Waals surface area (Å²) in [4.78, 5) is 11.9. The van der Waals surface area contributed by atoms with E-state index in [1.54, 1.807) is 18.2 Å². The normalized spacial score (nSPS) is 9.86. The average molecular weight is 310 g/mol. The predicted octanol–water partition coefficient (Wildman–Crippen LogP) is 2.23. The molecular weight excluding hydrogens is 290 g/mol. The van der Waals surface area contributed by atoms with Gasteiger partial charge >= 0.3 is 0 Å². The number of aliphatic hydroxyl groups excluding tert-OH is 1. The Morgan fingerprint density at radius 3 is 2.90 bits per heavy atom. The molecule has 0 radical (unpaired) electrons. The Morgan fingerprint density at radius 1 is 1.43 bits per heavy atom. The summed E-state index contributed by atoms with van der Waals surface area (Å²) in [5.41, 5.74) is 1.08. The summed E-state index contributed by atoms with van der Waals surface area (Å²) >= 11 is 6.04. The van der Waals surface area contributed by atoms with Gasteiger partial charge in [-0.15, -0.1) is 0 Å². The number of carbonyl (C=O) groups excluding carboxylic acids is 1. The van der Waals surface area contributed by atoms with E-state index in [0.29, 0.717) is 29.3 Å². The van der Waals surface area contributed by atoms with Crippen LogP contribution in [0.4, 0.5) is 0 Å². The number of hydrogen-bond donors (Lipinski definition) is 2.